The van der Waals surface area contributed by atoms with E-state index in [2.05, 4.69) is 99.1 Å². The van der Waals surface area contributed by atoms with E-state index in [9.17, 15) is 4.79 Å². The molecule has 2 aliphatic heterocycles. The van der Waals surface area contributed by atoms with Gasteiger partial charge in [-0.3, -0.25) is 9.69 Å². The lowest BCUT2D eigenvalue weighted by atomic mass is 9.76. The van der Waals surface area contributed by atoms with Gasteiger partial charge in [-0.2, -0.15) is 0 Å². The Balaban J connectivity index is 1.78. The smallest absolute Gasteiger partial charge is 0.260 e. The zero-order chi connectivity index (χ0) is 29.8. The van der Waals surface area contributed by atoms with Crippen molar-refractivity contribution in [3.05, 3.63) is 107 Å². The molecule has 1 spiro atoms. The summed E-state index contributed by atoms with van der Waals surface area (Å²) in [5, 5.41) is 2.75. The van der Waals surface area contributed by atoms with E-state index in [1.807, 2.05) is 41.3 Å². The fourth-order valence-corrected chi connectivity index (χ4v) is 10.7. The zero-order valence-corrected chi connectivity index (χ0v) is 26.7. The molecular weight excluding hydrogens is 533 g/mol. The van der Waals surface area contributed by atoms with Crippen LogP contribution >= 0.6 is 0 Å². The molecule has 2 heterocycles. The number of carbonyl (C=O) groups is 1. The highest BCUT2D eigenvalue weighted by molar-refractivity contribution is 7.01. The van der Waals surface area contributed by atoms with Crippen LogP contribution in [0.5, 0.6) is 0 Å². The number of carbonyl (C=O) groups excluding carboxylic acids is 1. The van der Waals surface area contributed by atoms with Crippen LogP contribution in [0.2, 0.25) is 13.1 Å². The fraction of sp³-hybridized carbons (Fsp3) is 0.306. The van der Waals surface area contributed by atoms with E-state index in [0.717, 1.165) is 43.0 Å². The van der Waals surface area contributed by atoms with Gasteiger partial charge in [0.25, 0.3) is 5.91 Å². The topological polar surface area (TPSA) is 52.8 Å². The minimum absolute atomic E-state index is 0.0117. The average Bonchev–Trinajstić information content (AvgIpc) is 3.26. The van der Waals surface area contributed by atoms with Crippen LogP contribution in [0.15, 0.2) is 84.9 Å². The third-order valence-electron chi connectivity index (χ3n) is 9.65. The third kappa shape index (κ3) is 3.77. The third-order valence-corrected chi connectivity index (χ3v) is 13.2. The summed E-state index contributed by atoms with van der Waals surface area (Å²) in [6.07, 6.45) is 0. The van der Waals surface area contributed by atoms with Crippen molar-refractivity contribution in [3.8, 4) is 0 Å². The highest BCUT2D eigenvalue weighted by Gasteiger charge is 2.59. The predicted molar refractivity (Wildman–Crippen MR) is 181 cm³/mol. The molecule has 6 heteroatoms. The molecule has 0 aromatic heterocycles. The van der Waals surface area contributed by atoms with Crippen molar-refractivity contribution in [1.29, 1.82) is 0 Å². The van der Waals surface area contributed by atoms with Gasteiger partial charge in [-0.1, -0.05) is 55.6 Å². The number of nitrogen functional groups attached to an aromatic ring is 1. The Morgan fingerprint density at radius 3 is 1.71 bits per heavy atom. The van der Waals surface area contributed by atoms with Gasteiger partial charge in [0, 0.05) is 43.1 Å². The van der Waals surface area contributed by atoms with Crippen molar-refractivity contribution in [2.75, 3.05) is 46.6 Å². The standard InChI is InChI=1S/C36H42N4OSi/c1-7-38(8-2)25-19-21-29-33(23-25)42(5,6)34-24-26(39(9-3)10-4)20-22-30(34)36(29)28-16-12-11-15-27(28)35(41)40(36)32-18-14-13-17-31(32)37/h11-24H,7-10,37H2,1-6H3. The lowest BCUT2D eigenvalue weighted by Gasteiger charge is -2.49. The SMILES string of the molecule is CCN(CC)c1ccc2c(c1)[Si](C)(C)c1cc(N(CC)CC)ccc1C21c2ccccc2C(=O)N1c1ccccc1N. The number of rotatable bonds is 7. The number of nitrogens with two attached hydrogens (primary N) is 1. The van der Waals surface area contributed by atoms with Gasteiger partial charge in [-0.25, -0.2) is 0 Å². The van der Waals surface area contributed by atoms with E-state index in [0.29, 0.717) is 5.69 Å². The predicted octanol–water partition coefficient (Wildman–Crippen LogP) is 6.05. The Morgan fingerprint density at radius 2 is 1.19 bits per heavy atom. The molecule has 2 N–H and O–H groups in total. The molecule has 0 bridgehead atoms. The maximum absolute atomic E-state index is 14.6. The summed E-state index contributed by atoms with van der Waals surface area (Å²) < 4.78 is 0. The van der Waals surface area contributed by atoms with Gasteiger partial charge in [-0.15, -0.1) is 0 Å². The summed E-state index contributed by atoms with van der Waals surface area (Å²) in [6, 6.07) is 30.0. The quantitative estimate of drug-likeness (QED) is 0.216. The summed E-state index contributed by atoms with van der Waals surface area (Å²) in [6.45, 7) is 17.6. The summed E-state index contributed by atoms with van der Waals surface area (Å²) in [7, 11) is -2.24. The van der Waals surface area contributed by atoms with E-state index in [4.69, 9.17) is 5.73 Å². The van der Waals surface area contributed by atoms with Crippen LogP contribution < -0.4 is 30.8 Å². The number of anilines is 4. The largest absolute Gasteiger partial charge is 0.397 e. The van der Waals surface area contributed by atoms with Crippen LogP contribution in [0, 0.1) is 0 Å². The first kappa shape index (κ1) is 28.1. The Labute approximate surface area is 251 Å². The highest BCUT2D eigenvalue weighted by Crippen LogP contribution is 2.53. The molecule has 0 unspecified atom stereocenters. The second-order valence-corrected chi connectivity index (χ2v) is 16.2. The summed E-state index contributed by atoms with van der Waals surface area (Å²) >= 11 is 0. The first-order chi connectivity index (χ1) is 20.2. The Bertz CT molecular complexity index is 1610. The van der Waals surface area contributed by atoms with Crippen LogP contribution in [-0.2, 0) is 5.54 Å². The summed E-state index contributed by atoms with van der Waals surface area (Å²) in [5.41, 5.74) is 13.8. The van der Waals surface area contributed by atoms with Crippen molar-refractivity contribution in [3.63, 3.8) is 0 Å². The molecule has 0 fully saturated rings. The van der Waals surface area contributed by atoms with E-state index in [1.54, 1.807) is 0 Å². The van der Waals surface area contributed by atoms with Crippen molar-refractivity contribution < 1.29 is 4.79 Å². The number of para-hydroxylation sites is 2. The first-order valence-electron chi connectivity index (χ1n) is 15.3. The molecule has 5 nitrogen and oxygen atoms in total. The van der Waals surface area contributed by atoms with Crippen molar-refractivity contribution in [2.45, 2.75) is 46.3 Å². The molecule has 216 valence electrons. The first-order valence-corrected chi connectivity index (χ1v) is 18.3. The van der Waals surface area contributed by atoms with Crippen molar-refractivity contribution in [1.82, 2.24) is 0 Å². The van der Waals surface area contributed by atoms with Gasteiger partial charge >= 0.3 is 0 Å². The molecule has 0 saturated heterocycles. The highest BCUT2D eigenvalue weighted by atomic mass is 28.3. The number of nitrogens with zero attached hydrogens (tertiary/aromatic N) is 3. The minimum atomic E-state index is -2.24. The number of hydrogen-bond acceptors (Lipinski definition) is 4. The van der Waals surface area contributed by atoms with Gasteiger partial charge < -0.3 is 15.5 Å². The Kier molecular flexibility index (Phi) is 6.93. The van der Waals surface area contributed by atoms with Gasteiger partial charge in [0.2, 0.25) is 0 Å². The van der Waals surface area contributed by atoms with Gasteiger partial charge in [0.1, 0.15) is 13.6 Å². The maximum atomic E-state index is 14.6. The van der Waals surface area contributed by atoms with Gasteiger partial charge in [0.15, 0.2) is 0 Å². The van der Waals surface area contributed by atoms with E-state index in [1.165, 1.54) is 32.9 Å². The van der Waals surface area contributed by atoms with Crippen molar-refractivity contribution in [2.24, 2.45) is 0 Å². The van der Waals surface area contributed by atoms with Crippen LogP contribution in [0.25, 0.3) is 0 Å². The van der Waals surface area contributed by atoms with Gasteiger partial charge in [0.05, 0.1) is 11.4 Å². The Hall–Kier alpha value is -4.03. The normalized spacial score (nSPS) is 15.8. The summed E-state index contributed by atoms with van der Waals surface area (Å²) in [5.74, 6) is -0.0117. The van der Waals surface area contributed by atoms with Crippen LogP contribution in [0.3, 0.4) is 0 Å². The molecule has 6 rings (SSSR count). The molecule has 4 aromatic rings. The summed E-state index contributed by atoms with van der Waals surface area (Å²) in [4.78, 5) is 21.4. The molecule has 0 atom stereocenters. The van der Waals surface area contributed by atoms with Gasteiger partial charge in [-0.05, 0) is 97.2 Å². The van der Waals surface area contributed by atoms with E-state index < -0.39 is 13.6 Å². The van der Waals surface area contributed by atoms with Crippen LogP contribution in [0.4, 0.5) is 22.7 Å². The molecular formula is C36H42N4OSi. The molecule has 0 aliphatic carbocycles. The van der Waals surface area contributed by atoms with E-state index in [-0.39, 0.29) is 5.91 Å². The average molecular weight is 575 g/mol. The van der Waals surface area contributed by atoms with E-state index >= 15 is 0 Å². The molecule has 0 saturated carbocycles. The second kappa shape index (κ2) is 10.4. The molecule has 2 aliphatic rings. The molecule has 42 heavy (non-hydrogen) atoms. The monoisotopic (exact) mass is 574 g/mol. The molecule has 1 amide bonds. The molecule has 0 radical (unpaired) electrons. The lowest BCUT2D eigenvalue weighted by molar-refractivity contribution is 0.0987. The molecule has 4 aromatic carbocycles. The Morgan fingerprint density at radius 1 is 0.690 bits per heavy atom. The number of hydrogen-bond donors (Lipinski definition) is 1. The fourth-order valence-electron chi connectivity index (χ4n) is 7.48. The lowest BCUT2D eigenvalue weighted by Crippen LogP contribution is -2.66. The maximum Gasteiger partial charge on any atom is 0.260 e. The number of fused-ring (bicyclic) bond motifs is 6. The number of amides is 1. The number of benzene rings is 4. The second-order valence-electron chi connectivity index (χ2n) is 11.9. The van der Waals surface area contributed by atoms with Crippen molar-refractivity contribution >= 4 is 47.1 Å². The van der Waals surface area contributed by atoms with Crippen LogP contribution in [0.1, 0.15) is 54.7 Å². The van der Waals surface area contributed by atoms with Crippen LogP contribution in [-0.4, -0.2) is 40.2 Å². The minimum Gasteiger partial charge on any atom is -0.397 e. The zero-order valence-electron chi connectivity index (χ0n) is 25.7.